The summed E-state index contributed by atoms with van der Waals surface area (Å²) in [5.74, 6) is 0.607. The number of likely N-dealkylation sites (N-methyl/N-ethyl adjacent to an activating group) is 1. The Morgan fingerprint density at radius 1 is 1.21 bits per heavy atom. The average Bonchev–Trinajstić information content (AvgIpc) is 2.20. The summed E-state index contributed by atoms with van der Waals surface area (Å²) in [5, 5.41) is 0. The molecule has 0 aromatic rings. The molecule has 0 bridgehead atoms. The minimum absolute atomic E-state index is 0.522. The Hall–Kier alpha value is -0.670. The van der Waals surface area contributed by atoms with Gasteiger partial charge in [0, 0.05) is 38.6 Å². The van der Waals surface area contributed by atoms with Gasteiger partial charge in [0.1, 0.15) is 0 Å². The molecule has 0 aliphatic carbocycles. The maximum absolute atomic E-state index is 4.24. The van der Waals surface area contributed by atoms with Crippen LogP contribution in [0.1, 0.15) is 6.92 Å². The first kappa shape index (κ1) is 9.87. The number of hydrogen-bond acceptors (Lipinski definition) is 3. The number of rotatable bonds is 1. The molecule has 2 rings (SSSR count). The summed E-state index contributed by atoms with van der Waals surface area (Å²) in [7, 11) is 2.19. The maximum Gasteiger partial charge on any atom is 0.0512 e. The molecule has 3 nitrogen and oxygen atoms in total. The largest absolute Gasteiger partial charge is 0.304 e. The van der Waals surface area contributed by atoms with Crippen molar-refractivity contribution in [2.45, 2.75) is 13.0 Å². The van der Waals surface area contributed by atoms with E-state index in [0.717, 1.165) is 0 Å². The Balaban J connectivity index is 1.95. The van der Waals surface area contributed by atoms with E-state index in [0.29, 0.717) is 12.0 Å². The standard InChI is InChI=1S/C11H19N3/c1-10-3-4-12-9-11(10)14-7-5-13(2)6-8-14/h3-4,9-11H,5-8H2,1-2H3. The van der Waals surface area contributed by atoms with Gasteiger partial charge in [-0.3, -0.25) is 9.89 Å². The molecule has 0 amide bonds. The van der Waals surface area contributed by atoms with E-state index in [1.54, 1.807) is 0 Å². The van der Waals surface area contributed by atoms with Crippen molar-refractivity contribution in [1.82, 2.24) is 9.80 Å². The van der Waals surface area contributed by atoms with Crippen molar-refractivity contribution < 1.29 is 0 Å². The molecule has 2 unspecified atom stereocenters. The van der Waals surface area contributed by atoms with Gasteiger partial charge in [-0.2, -0.15) is 0 Å². The zero-order chi connectivity index (χ0) is 9.97. The molecule has 0 radical (unpaired) electrons. The normalized spacial score (nSPS) is 35.0. The fourth-order valence-corrected chi connectivity index (χ4v) is 2.12. The third-order valence-electron chi connectivity index (χ3n) is 3.21. The zero-order valence-corrected chi connectivity index (χ0v) is 9.06. The number of aliphatic imine (C=N–C) groups is 1. The highest BCUT2D eigenvalue weighted by Crippen LogP contribution is 2.16. The molecule has 0 aromatic heterocycles. The highest BCUT2D eigenvalue weighted by molar-refractivity contribution is 5.67. The molecule has 2 heterocycles. The van der Waals surface area contributed by atoms with Gasteiger partial charge < -0.3 is 4.90 Å². The van der Waals surface area contributed by atoms with Crippen molar-refractivity contribution in [2.75, 3.05) is 33.2 Å². The van der Waals surface area contributed by atoms with Crippen molar-refractivity contribution in [1.29, 1.82) is 0 Å². The van der Waals surface area contributed by atoms with Gasteiger partial charge in [-0.15, -0.1) is 0 Å². The van der Waals surface area contributed by atoms with Crippen LogP contribution in [0.3, 0.4) is 0 Å². The van der Waals surface area contributed by atoms with Gasteiger partial charge in [0.2, 0.25) is 0 Å². The predicted octanol–water partition coefficient (Wildman–Crippen LogP) is 0.837. The van der Waals surface area contributed by atoms with E-state index in [1.807, 2.05) is 6.20 Å². The molecule has 14 heavy (non-hydrogen) atoms. The van der Waals surface area contributed by atoms with Gasteiger partial charge in [0.05, 0.1) is 6.04 Å². The molecule has 2 aliphatic rings. The van der Waals surface area contributed by atoms with Gasteiger partial charge in [0.15, 0.2) is 0 Å². The van der Waals surface area contributed by atoms with Crippen molar-refractivity contribution >= 4 is 6.21 Å². The van der Waals surface area contributed by atoms with Crippen LogP contribution in [0.15, 0.2) is 17.3 Å². The first-order chi connectivity index (χ1) is 6.77. The fourth-order valence-electron chi connectivity index (χ4n) is 2.12. The van der Waals surface area contributed by atoms with E-state index in [9.17, 15) is 0 Å². The summed E-state index contributed by atoms with van der Waals surface area (Å²) in [5.41, 5.74) is 0. The van der Waals surface area contributed by atoms with E-state index in [4.69, 9.17) is 0 Å². The summed E-state index contributed by atoms with van der Waals surface area (Å²) in [6.45, 7) is 6.98. The van der Waals surface area contributed by atoms with Crippen LogP contribution in [0, 0.1) is 5.92 Å². The minimum Gasteiger partial charge on any atom is -0.304 e. The lowest BCUT2D eigenvalue weighted by Crippen LogP contribution is -2.51. The highest BCUT2D eigenvalue weighted by Gasteiger charge is 2.25. The lowest BCUT2D eigenvalue weighted by Gasteiger charge is -2.38. The number of nitrogens with zero attached hydrogens (tertiary/aromatic N) is 3. The molecule has 3 heteroatoms. The Morgan fingerprint density at radius 3 is 2.57 bits per heavy atom. The first-order valence-electron chi connectivity index (χ1n) is 5.40. The Labute approximate surface area is 86.1 Å². The Bertz CT molecular complexity index is 239. The lowest BCUT2D eigenvalue weighted by molar-refractivity contribution is 0.124. The molecule has 0 N–H and O–H groups in total. The topological polar surface area (TPSA) is 18.8 Å². The predicted molar refractivity (Wildman–Crippen MR) is 59.7 cm³/mol. The summed E-state index contributed by atoms with van der Waals surface area (Å²) in [4.78, 5) is 9.17. The molecule has 1 fully saturated rings. The molecule has 78 valence electrons. The number of piperazine rings is 1. The molecule has 1 saturated heterocycles. The van der Waals surface area contributed by atoms with E-state index in [1.165, 1.54) is 26.2 Å². The second-order valence-electron chi connectivity index (χ2n) is 4.33. The van der Waals surface area contributed by atoms with Crippen molar-refractivity contribution in [3.8, 4) is 0 Å². The second kappa shape index (κ2) is 4.24. The highest BCUT2D eigenvalue weighted by atomic mass is 15.3. The maximum atomic E-state index is 4.24. The van der Waals surface area contributed by atoms with Gasteiger partial charge in [-0.05, 0) is 13.0 Å². The van der Waals surface area contributed by atoms with E-state index < -0.39 is 0 Å². The molecule has 0 spiro atoms. The van der Waals surface area contributed by atoms with Crippen LogP contribution in [0.5, 0.6) is 0 Å². The quantitative estimate of drug-likeness (QED) is 0.614. The smallest absolute Gasteiger partial charge is 0.0512 e. The molecule has 2 atom stereocenters. The van der Waals surface area contributed by atoms with Crippen molar-refractivity contribution in [3.05, 3.63) is 12.3 Å². The molecular formula is C11H19N3. The molecule has 2 aliphatic heterocycles. The van der Waals surface area contributed by atoms with Crippen LogP contribution in [0.2, 0.25) is 0 Å². The Morgan fingerprint density at radius 2 is 1.93 bits per heavy atom. The Kier molecular flexibility index (Phi) is 2.99. The summed E-state index contributed by atoms with van der Waals surface area (Å²) < 4.78 is 0. The average molecular weight is 193 g/mol. The summed E-state index contributed by atoms with van der Waals surface area (Å²) in [6.07, 6.45) is 6.20. The van der Waals surface area contributed by atoms with Gasteiger partial charge in [-0.1, -0.05) is 13.0 Å². The lowest BCUT2D eigenvalue weighted by atomic mass is 9.99. The van der Waals surface area contributed by atoms with Crippen LogP contribution in [0.4, 0.5) is 0 Å². The molecular weight excluding hydrogens is 174 g/mol. The summed E-state index contributed by atoms with van der Waals surface area (Å²) >= 11 is 0. The monoisotopic (exact) mass is 193 g/mol. The van der Waals surface area contributed by atoms with Crippen LogP contribution in [0.25, 0.3) is 0 Å². The van der Waals surface area contributed by atoms with Crippen LogP contribution < -0.4 is 0 Å². The molecule has 0 aromatic carbocycles. The minimum atomic E-state index is 0.522. The van der Waals surface area contributed by atoms with Crippen LogP contribution >= 0.6 is 0 Å². The van der Waals surface area contributed by atoms with E-state index >= 15 is 0 Å². The van der Waals surface area contributed by atoms with E-state index in [2.05, 4.69) is 41.1 Å². The SMILES string of the molecule is CC1C=CN=CC1N1CCN(C)CC1. The fraction of sp³-hybridized carbons (Fsp3) is 0.727. The van der Waals surface area contributed by atoms with Gasteiger partial charge in [0.25, 0.3) is 0 Å². The van der Waals surface area contributed by atoms with Gasteiger partial charge >= 0.3 is 0 Å². The third-order valence-corrected chi connectivity index (χ3v) is 3.21. The van der Waals surface area contributed by atoms with E-state index in [-0.39, 0.29) is 0 Å². The van der Waals surface area contributed by atoms with Crippen molar-refractivity contribution in [3.63, 3.8) is 0 Å². The zero-order valence-electron chi connectivity index (χ0n) is 9.06. The number of hydrogen-bond donors (Lipinski definition) is 0. The second-order valence-corrected chi connectivity index (χ2v) is 4.33. The van der Waals surface area contributed by atoms with Crippen LogP contribution in [-0.4, -0.2) is 55.3 Å². The van der Waals surface area contributed by atoms with Crippen LogP contribution in [-0.2, 0) is 0 Å². The molecule has 0 saturated carbocycles. The third kappa shape index (κ3) is 2.04. The summed E-state index contributed by atoms with van der Waals surface area (Å²) in [6, 6.07) is 0.522. The first-order valence-corrected chi connectivity index (χ1v) is 5.40. The van der Waals surface area contributed by atoms with Crippen molar-refractivity contribution in [2.24, 2.45) is 10.9 Å². The van der Waals surface area contributed by atoms with Gasteiger partial charge in [-0.25, -0.2) is 0 Å².